The smallest absolute Gasteiger partial charge is 0.374 e. The van der Waals surface area contributed by atoms with Crippen LogP contribution in [0.1, 0.15) is 11.1 Å². The summed E-state index contributed by atoms with van der Waals surface area (Å²) in [6, 6.07) is 4.87. The van der Waals surface area contributed by atoms with Gasteiger partial charge in [0.1, 0.15) is 11.7 Å². The second-order valence-electron chi connectivity index (χ2n) is 9.86. The Hall–Kier alpha value is -2.31. The van der Waals surface area contributed by atoms with Gasteiger partial charge in [-0.2, -0.15) is 13.2 Å². The van der Waals surface area contributed by atoms with E-state index in [0.29, 0.717) is 60.5 Å². The van der Waals surface area contributed by atoms with Gasteiger partial charge < -0.3 is 24.8 Å². The lowest BCUT2D eigenvalue weighted by molar-refractivity contribution is -0.137. The molecule has 1 atom stereocenters. The molecule has 12 heteroatoms. The highest BCUT2D eigenvalue weighted by molar-refractivity contribution is 7.99. The number of benzene rings is 2. The SMILES string of the molecule is C=CN=C(c1cc(C(F)(F)F)c(-c2ccc(F)c(Cl)c2)c2c1N(C)CC(OCCNC)CS2)N1CCN(C)CC1. The van der Waals surface area contributed by atoms with Crippen LogP contribution >= 0.6 is 23.4 Å². The third-order valence-corrected chi connectivity index (χ3v) is 8.52. The van der Waals surface area contributed by atoms with E-state index in [0.717, 1.165) is 19.2 Å². The van der Waals surface area contributed by atoms with E-state index in [1.807, 2.05) is 30.9 Å². The van der Waals surface area contributed by atoms with Gasteiger partial charge in [0.25, 0.3) is 0 Å². The Kier molecular flexibility index (Phi) is 10.0. The van der Waals surface area contributed by atoms with Crippen LogP contribution in [0.5, 0.6) is 0 Å². The summed E-state index contributed by atoms with van der Waals surface area (Å²) in [6.45, 7) is 8.07. The predicted octanol–water partition coefficient (Wildman–Crippen LogP) is 5.45. The van der Waals surface area contributed by atoms with Crippen molar-refractivity contribution in [3.63, 3.8) is 0 Å². The molecule has 1 fully saturated rings. The number of amidine groups is 1. The predicted molar refractivity (Wildman–Crippen MR) is 155 cm³/mol. The molecule has 0 aliphatic carbocycles. The Bertz CT molecular complexity index is 1250. The molecule has 2 aromatic rings. The molecule has 0 radical (unpaired) electrons. The van der Waals surface area contributed by atoms with Gasteiger partial charge in [-0.25, -0.2) is 9.38 Å². The molecule has 6 nitrogen and oxygen atoms in total. The number of rotatable bonds is 7. The number of hydrogen-bond donors (Lipinski definition) is 1. The normalized spacial score (nSPS) is 19.0. The van der Waals surface area contributed by atoms with Crippen LogP contribution in [0.4, 0.5) is 23.2 Å². The van der Waals surface area contributed by atoms with E-state index in [2.05, 4.69) is 21.8 Å². The van der Waals surface area contributed by atoms with Crippen LogP contribution in [0.25, 0.3) is 11.1 Å². The topological polar surface area (TPSA) is 43.3 Å². The molecule has 4 rings (SSSR count). The molecule has 2 aliphatic heterocycles. The number of nitrogens with one attached hydrogen (secondary N) is 1. The molecule has 1 unspecified atom stereocenters. The standard InChI is InChI=1S/C28H34ClF4N5OS/c1-5-35-27(38-11-9-36(3)10-12-38)20-15-21(28(31,32)33)24(18-6-7-23(30)22(29)14-18)26-25(20)37(4)16-19(17-40-26)39-13-8-34-2/h5-7,14-15,19,34H,1,8-13,16-17H2,2-4H3. The van der Waals surface area contributed by atoms with Crippen LogP contribution in [-0.4, -0.2) is 94.5 Å². The first-order chi connectivity index (χ1) is 19.0. The number of halogens is 5. The minimum atomic E-state index is -4.70. The van der Waals surface area contributed by atoms with Crippen molar-refractivity contribution in [3.8, 4) is 11.1 Å². The molecule has 1 saturated heterocycles. The zero-order chi connectivity index (χ0) is 29.0. The molecular formula is C28H34ClF4N5OS. The molecule has 0 aromatic heterocycles. The second-order valence-corrected chi connectivity index (χ2v) is 11.3. The maximum atomic E-state index is 14.8. The lowest BCUT2D eigenvalue weighted by Gasteiger charge is -2.36. The van der Waals surface area contributed by atoms with Crippen molar-refractivity contribution in [2.75, 3.05) is 77.7 Å². The molecule has 0 saturated carbocycles. The van der Waals surface area contributed by atoms with E-state index in [1.54, 1.807) is 0 Å². The third kappa shape index (κ3) is 6.76. The highest BCUT2D eigenvalue weighted by Gasteiger charge is 2.40. The molecule has 0 bridgehead atoms. The van der Waals surface area contributed by atoms with Gasteiger partial charge in [-0.05, 0) is 37.9 Å². The molecule has 218 valence electrons. The van der Waals surface area contributed by atoms with Crippen molar-refractivity contribution < 1.29 is 22.3 Å². The van der Waals surface area contributed by atoms with Gasteiger partial charge in [-0.15, -0.1) is 11.8 Å². The van der Waals surface area contributed by atoms with Crippen molar-refractivity contribution in [3.05, 3.63) is 59.0 Å². The minimum absolute atomic E-state index is 0.0304. The average Bonchev–Trinajstić information content (AvgIpc) is 3.07. The Morgan fingerprint density at radius 2 is 1.95 bits per heavy atom. The van der Waals surface area contributed by atoms with Gasteiger partial charge >= 0.3 is 6.18 Å². The number of aliphatic imine (C=N–C) groups is 1. The number of hydrogen-bond acceptors (Lipinski definition) is 6. The van der Waals surface area contributed by atoms with Crippen LogP contribution in [0.2, 0.25) is 5.02 Å². The Balaban J connectivity index is 1.97. The average molecular weight is 600 g/mol. The molecule has 0 amide bonds. The summed E-state index contributed by atoms with van der Waals surface area (Å²) in [5.74, 6) is 0.182. The van der Waals surface area contributed by atoms with E-state index < -0.39 is 17.6 Å². The van der Waals surface area contributed by atoms with E-state index in [4.69, 9.17) is 16.3 Å². The third-order valence-electron chi connectivity index (χ3n) is 7.00. The number of fused-ring (bicyclic) bond motifs is 1. The largest absolute Gasteiger partial charge is 0.417 e. The lowest BCUT2D eigenvalue weighted by Crippen LogP contribution is -2.47. The second kappa shape index (κ2) is 13.1. The van der Waals surface area contributed by atoms with Crippen molar-refractivity contribution in [2.24, 2.45) is 4.99 Å². The van der Waals surface area contributed by atoms with E-state index >= 15 is 0 Å². The van der Waals surface area contributed by atoms with Crippen LogP contribution in [-0.2, 0) is 10.9 Å². The summed E-state index contributed by atoms with van der Waals surface area (Å²) in [4.78, 5) is 11.1. The summed E-state index contributed by atoms with van der Waals surface area (Å²) >= 11 is 7.37. The fourth-order valence-corrected chi connectivity index (χ4v) is 6.49. The first-order valence-electron chi connectivity index (χ1n) is 13.0. The number of piperazine rings is 1. The Labute approximate surface area is 242 Å². The molecular weight excluding hydrogens is 566 g/mol. The maximum absolute atomic E-state index is 14.8. The van der Waals surface area contributed by atoms with Crippen molar-refractivity contribution >= 4 is 34.9 Å². The first-order valence-corrected chi connectivity index (χ1v) is 14.4. The summed E-state index contributed by atoms with van der Waals surface area (Å²) in [5, 5.41) is 2.80. The van der Waals surface area contributed by atoms with E-state index in [1.165, 1.54) is 36.2 Å². The van der Waals surface area contributed by atoms with Crippen molar-refractivity contribution in [1.82, 2.24) is 15.1 Å². The van der Waals surface area contributed by atoms with Gasteiger partial charge in [0.2, 0.25) is 0 Å². The number of anilines is 1. The quantitative estimate of drug-likeness (QED) is 0.198. The maximum Gasteiger partial charge on any atom is 0.417 e. The summed E-state index contributed by atoms with van der Waals surface area (Å²) in [6.07, 6.45) is -3.56. The fraction of sp³-hybridized carbons (Fsp3) is 0.464. The molecule has 0 spiro atoms. The van der Waals surface area contributed by atoms with E-state index in [-0.39, 0.29) is 22.3 Å². The number of likely N-dealkylation sites (N-methyl/N-ethyl adjacent to an activating group) is 3. The van der Waals surface area contributed by atoms with Crippen LogP contribution in [0.3, 0.4) is 0 Å². The zero-order valence-electron chi connectivity index (χ0n) is 22.8. The number of ether oxygens (including phenoxy) is 1. The van der Waals surface area contributed by atoms with Crippen LogP contribution < -0.4 is 10.2 Å². The monoisotopic (exact) mass is 599 g/mol. The van der Waals surface area contributed by atoms with Crippen LogP contribution in [0, 0.1) is 5.82 Å². The molecule has 2 aliphatic rings. The number of nitrogens with zero attached hydrogens (tertiary/aromatic N) is 4. The van der Waals surface area contributed by atoms with E-state index in [9.17, 15) is 17.6 Å². The summed E-state index contributed by atoms with van der Waals surface area (Å²) < 4.78 is 64.7. The fourth-order valence-electron chi connectivity index (χ4n) is 4.98. The van der Waals surface area contributed by atoms with Gasteiger partial charge in [0, 0.05) is 74.3 Å². The molecule has 40 heavy (non-hydrogen) atoms. The van der Waals surface area contributed by atoms with Gasteiger partial charge in [-0.3, -0.25) is 0 Å². The molecule has 2 aromatic carbocycles. The van der Waals surface area contributed by atoms with Crippen molar-refractivity contribution in [1.29, 1.82) is 0 Å². The summed E-state index contributed by atoms with van der Waals surface area (Å²) in [5.41, 5.74) is 0.323. The zero-order valence-corrected chi connectivity index (χ0v) is 24.4. The minimum Gasteiger partial charge on any atom is -0.374 e. The lowest BCUT2D eigenvalue weighted by atomic mass is 9.93. The molecule has 2 heterocycles. The number of thioether (sulfide) groups is 1. The van der Waals surface area contributed by atoms with Gasteiger partial charge in [0.05, 0.1) is 29.0 Å². The van der Waals surface area contributed by atoms with Gasteiger partial charge in [0.15, 0.2) is 0 Å². The Morgan fingerprint density at radius 1 is 1.23 bits per heavy atom. The Morgan fingerprint density at radius 3 is 2.58 bits per heavy atom. The number of alkyl halides is 3. The summed E-state index contributed by atoms with van der Waals surface area (Å²) in [7, 11) is 5.70. The first kappa shape index (κ1) is 30.6. The van der Waals surface area contributed by atoms with Crippen molar-refractivity contribution in [2.45, 2.75) is 17.2 Å². The van der Waals surface area contributed by atoms with Gasteiger partial charge in [-0.1, -0.05) is 24.2 Å². The highest BCUT2D eigenvalue weighted by Crippen LogP contribution is 2.50. The molecule has 1 N–H and O–H groups in total. The van der Waals surface area contributed by atoms with Crippen LogP contribution in [0.15, 0.2) is 46.9 Å². The highest BCUT2D eigenvalue weighted by atomic mass is 35.5.